The van der Waals surface area contributed by atoms with Gasteiger partial charge in [-0.3, -0.25) is 4.90 Å². The maximum Gasteiger partial charge on any atom is 0.185 e. The van der Waals surface area contributed by atoms with Crippen LogP contribution in [0.15, 0.2) is 26.7 Å². The molecule has 1 fully saturated rings. The molecule has 0 saturated heterocycles. The van der Waals surface area contributed by atoms with Crippen LogP contribution in [0.25, 0.3) is 6.08 Å². The van der Waals surface area contributed by atoms with Gasteiger partial charge in [0.05, 0.1) is 11.1 Å². The van der Waals surface area contributed by atoms with Crippen LogP contribution in [0.2, 0.25) is 0 Å². The van der Waals surface area contributed by atoms with Gasteiger partial charge in [-0.15, -0.1) is 0 Å². The summed E-state index contributed by atoms with van der Waals surface area (Å²) in [4.78, 5) is 2.15. The number of hydrogen-bond donors (Lipinski definition) is 1. The highest BCUT2D eigenvalue weighted by atomic mass is 79.9. The lowest BCUT2D eigenvalue weighted by atomic mass is 9.82. The summed E-state index contributed by atoms with van der Waals surface area (Å²) in [5.41, 5.74) is 2.04. The first-order valence-corrected chi connectivity index (χ1v) is 8.86. The van der Waals surface area contributed by atoms with Crippen LogP contribution >= 0.6 is 31.9 Å². The predicted molar refractivity (Wildman–Crippen MR) is 91.4 cm³/mol. The number of ether oxygens (including phenoxy) is 1. The molecule has 3 nitrogen and oxygen atoms in total. The minimum absolute atomic E-state index is 0.142. The number of hydrogen-bond acceptors (Lipinski definition) is 3. The summed E-state index contributed by atoms with van der Waals surface area (Å²) < 4.78 is 8.51. The van der Waals surface area contributed by atoms with Gasteiger partial charge in [-0.05, 0) is 66.0 Å². The van der Waals surface area contributed by atoms with Crippen LogP contribution in [0.4, 0.5) is 0 Å². The van der Waals surface area contributed by atoms with E-state index in [1.54, 1.807) is 0 Å². The van der Waals surface area contributed by atoms with Crippen molar-refractivity contribution < 1.29 is 9.84 Å². The summed E-state index contributed by atoms with van der Waals surface area (Å²) in [5.74, 6) is 0.897. The minimum Gasteiger partial charge on any atom is -0.467 e. The van der Waals surface area contributed by atoms with E-state index in [1.807, 2.05) is 13.1 Å². The van der Waals surface area contributed by atoms with Gasteiger partial charge in [0.1, 0.15) is 5.75 Å². The molecule has 0 bridgehead atoms. The molecule has 0 spiro atoms. The maximum atomic E-state index is 9.31. The van der Waals surface area contributed by atoms with Gasteiger partial charge in [0.15, 0.2) is 5.72 Å². The number of aliphatic hydroxyl groups is 1. The number of benzene rings is 1. The van der Waals surface area contributed by atoms with Crippen LogP contribution in [0.1, 0.15) is 31.2 Å². The third-order valence-corrected chi connectivity index (χ3v) is 5.45. The van der Waals surface area contributed by atoms with E-state index in [1.165, 1.54) is 12.0 Å². The Bertz CT molecular complexity index is 588. The van der Waals surface area contributed by atoms with E-state index in [9.17, 15) is 5.11 Å². The zero-order chi connectivity index (χ0) is 15.0. The van der Waals surface area contributed by atoms with Crippen LogP contribution in [0, 0.1) is 0 Å². The zero-order valence-corrected chi connectivity index (χ0v) is 15.2. The Morgan fingerprint density at radius 2 is 2.14 bits per heavy atom. The summed E-state index contributed by atoms with van der Waals surface area (Å²) in [7, 11) is 2.03. The first-order chi connectivity index (χ1) is 10.1. The average Bonchev–Trinajstić information content (AvgIpc) is 2.45. The molecule has 1 unspecified atom stereocenters. The van der Waals surface area contributed by atoms with Gasteiger partial charge in [-0.25, -0.2) is 0 Å². The number of aliphatic hydroxyl groups excluding tert-OH is 1. The van der Waals surface area contributed by atoms with Crippen LogP contribution in [-0.2, 0) is 0 Å². The Kier molecular flexibility index (Phi) is 4.46. The second-order valence-electron chi connectivity index (χ2n) is 5.71. The summed E-state index contributed by atoms with van der Waals surface area (Å²) in [5, 5.41) is 9.31. The van der Waals surface area contributed by atoms with E-state index >= 15 is 0 Å². The van der Waals surface area contributed by atoms with Gasteiger partial charge in [0.2, 0.25) is 0 Å². The quantitative estimate of drug-likeness (QED) is 0.801. The van der Waals surface area contributed by atoms with Crippen molar-refractivity contribution in [1.29, 1.82) is 0 Å². The number of halogens is 2. The SMILES string of the molecule is CN(CCO)C12CCCCC1=Cc1cc(Br)cc(Br)c1O2. The molecule has 0 radical (unpaired) electrons. The first kappa shape index (κ1) is 15.5. The van der Waals surface area contributed by atoms with Crippen molar-refractivity contribution in [2.24, 2.45) is 0 Å². The number of likely N-dealkylation sites (N-methyl/N-ethyl adjacent to an activating group) is 1. The third kappa shape index (κ3) is 2.69. The van der Waals surface area contributed by atoms with Gasteiger partial charge in [0, 0.05) is 23.0 Å². The molecular weight excluding hydrogens is 398 g/mol. The van der Waals surface area contributed by atoms with Gasteiger partial charge >= 0.3 is 0 Å². The second kappa shape index (κ2) is 6.03. The van der Waals surface area contributed by atoms with Gasteiger partial charge in [-0.2, -0.15) is 0 Å². The van der Waals surface area contributed by atoms with Crippen molar-refractivity contribution in [2.45, 2.75) is 31.4 Å². The van der Waals surface area contributed by atoms with Crippen molar-refractivity contribution in [3.8, 4) is 5.75 Å². The van der Waals surface area contributed by atoms with Crippen LogP contribution in [-0.4, -0.2) is 35.9 Å². The summed E-state index contributed by atoms with van der Waals surface area (Å²) in [6, 6.07) is 4.11. The van der Waals surface area contributed by atoms with Gasteiger partial charge in [0.25, 0.3) is 0 Å². The monoisotopic (exact) mass is 415 g/mol. The van der Waals surface area contributed by atoms with Crippen molar-refractivity contribution >= 4 is 37.9 Å². The Labute approximate surface area is 142 Å². The van der Waals surface area contributed by atoms with Crippen molar-refractivity contribution in [3.63, 3.8) is 0 Å². The molecule has 114 valence electrons. The van der Waals surface area contributed by atoms with Crippen molar-refractivity contribution in [2.75, 3.05) is 20.2 Å². The Morgan fingerprint density at radius 3 is 2.90 bits per heavy atom. The Morgan fingerprint density at radius 1 is 1.33 bits per heavy atom. The minimum atomic E-state index is -0.398. The largest absolute Gasteiger partial charge is 0.467 e. The standard InChI is InChI=1S/C16H19Br2NO2/c1-19(6-7-20)16-5-3-2-4-12(16)8-11-9-13(17)10-14(18)15(11)21-16/h8-10,20H,2-7H2,1H3. The fraction of sp³-hybridized carbons (Fsp3) is 0.500. The lowest BCUT2D eigenvalue weighted by Crippen LogP contribution is -2.55. The highest BCUT2D eigenvalue weighted by Gasteiger charge is 2.45. The molecule has 0 amide bonds. The lowest BCUT2D eigenvalue weighted by molar-refractivity contribution is -0.0652. The fourth-order valence-electron chi connectivity index (χ4n) is 3.33. The van der Waals surface area contributed by atoms with Crippen LogP contribution in [0.3, 0.4) is 0 Å². The molecule has 1 saturated carbocycles. The Hall–Kier alpha value is -0.360. The molecule has 1 aliphatic carbocycles. The van der Waals surface area contributed by atoms with E-state index < -0.39 is 5.72 Å². The van der Waals surface area contributed by atoms with E-state index in [2.05, 4.69) is 48.9 Å². The molecule has 1 aromatic carbocycles. The molecule has 1 aromatic rings. The normalized spacial score (nSPS) is 24.1. The molecule has 1 N–H and O–H groups in total. The second-order valence-corrected chi connectivity index (χ2v) is 7.48. The molecule has 1 aliphatic heterocycles. The topological polar surface area (TPSA) is 32.7 Å². The highest BCUT2D eigenvalue weighted by Crippen LogP contribution is 2.48. The average molecular weight is 417 g/mol. The first-order valence-electron chi connectivity index (χ1n) is 7.28. The summed E-state index contributed by atoms with van der Waals surface area (Å²) in [6.07, 6.45) is 6.64. The summed E-state index contributed by atoms with van der Waals surface area (Å²) >= 11 is 7.15. The number of rotatable bonds is 3. The zero-order valence-electron chi connectivity index (χ0n) is 12.0. The van der Waals surface area contributed by atoms with Crippen LogP contribution in [0.5, 0.6) is 5.75 Å². The van der Waals surface area contributed by atoms with E-state index in [-0.39, 0.29) is 6.61 Å². The number of nitrogens with zero attached hydrogens (tertiary/aromatic N) is 1. The van der Waals surface area contributed by atoms with E-state index in [0.29, 0.717) is 6.54 Å². The molecular formula is C16H19Br2NO2. The fourth-order valence-corrected chi connectivity index (χ4v) is 4.67. The van der Waals surface area contributed by atoms with Gasteiger partial charge < -0.3 is 9.84 Å². The predicted octanol–water partition coefficient (Wildman–Crippen LogP) is 4.18. The highest BCUT2D eigenvalue weighted by molar-refractivity contribution is 9.11. The molecule has 0 aromatic heterocycles. The molecule has 1 atom stereocenters. The van der Waals surface area contributed by atoms with E-state index in [0.717, 1.165) is 39.5 Å². The van der Waals surface area contributed by atoms with Gasteiger partial charge in [-0.1, -0.05) is 15.9 Å². The van der Waals surface area contributed by atoms with E-state index in [4.69, 9.17) is 4.74 Å². The lowest BCUT2D eigenvalue weighted by Gasteiger charge is -2.48. The maximum absolute atomic E-state index is 9.31. The molecule has 2 aliphatic rings. The molecule has 21 heavy (non-hydrogen) atoms. The van der Waals surface area contributed by atoms with Crippen molar-refractivity contribution in [1.82, 2.24) is 4.90 Å². The molecule has 3 rings (SSSR count). The Balaban J connectivity index is 2.09. The summed E-state index contributed by atoms with van der Waals surface area (Å²) in [6.45, 7) is 0.754. The third-order valence-electron chi connectivity index (χ3n) is 4.40. The van der Waals surface area contributed by atoms with Crippen LogP contribution < -0.4 is 4.74 Å². The van der Waals surface area contributed by atoms with Crippen molar-refractivity contribution in [3.05, 3.63) is 32.2 Å². The smallest absolute Gasteiger partial charge is 0.185 e. The number of fused-ring (bicyclic) bond motifs is 2. The molecule has 5 heteroatoms. The molecule has 1 heterocycles.